The normalized spacial score (nSPS) is 11.3. The molecule has 0 unspecified atom stereocenters. The molecular formula is C25H23N5. The number of hydrogen-bond acceptors (Lipinski definition) is 3. The molecule has 2 heterocycles. The van der Waals surface area contributed by atoms with Crippen LogP contribution in [0.1, 0.15) is 17.0 Å². The first-order valence-electron chi connectivity index (χ1n) is 10.0. The van der Waals surface area contributed by atoms with Crippen molar-refractivity contribution < 1.29 is 0 Å². The van der Waals surface area contributed by atoms with E-state index >= 15 is 0 Å². The summed E-state index contributed by atoms with van der Waals surface area (Å²) in [6, 6.07) is 21.2. The maximum atomic E-state index is 4.60. The summed E-state index contributed by atoms with van der Waals surface area (Å²) in [4.78, 5) is 9.19. The smallest absolute Gasteiger partial charge is 0.163 e. The molecule has 5 heteroatoms. The van der Waals surface area contributed by atoms with Gasteiger partial charge in [0.25, 0.3) is 0 Å². The van der Waals surface area contributed by atoms with E-state index < -0.39 is 0 Å². The van der Waals surface area contributed by atoms with E-state index in [1.807, 2.05) is 24.7 Å². The summed E-state index contributed by atoms with van der Waals surface area (Å²) in [5.74, 6) is 1.82. The fourth-order valence-electron chi connectivity index (χ4n) is 4.14. The summed E-state index contributed by atoms with van der Waals surface area (Å²) < 4.78 is 4.05. The van der Waals surface area contributed by atoms with E-state index in [4.69, 9.17) is 0 Å². The lowest BCUT2D eigenvalue weighted by molar-refractivity contribution is 0.870. The molecule has 0 fully saturated rings. The molecule has 0 amide bonds. The maximum Gasteiger partial charge on any atom is 0.163 e. The van der Waals surface area contributed by atoms with Crippen LogP contribution in [0.15, 0.2) is 67.0 Å². The van der Waals surface area contributed by atoms with Gasteiger partial charge in [-0.3, -0.25) is 0 Å². The Balaban J connectivity index is 1.64. The van der Waals surface area contributed by atoms with E-state index in [2.05, 4.69) is 88.1 Å². The van der Waals surface area contributed by atoms with E-state index in [0.29, 0.717) is 0 Å². The van der Waals surface area contributed by atoms with Crippen molar-refractivity contribution in [3.8, 4) is 28.2 Å². The lowest BCUT2D eigenvalue weighted by Crippen LogP contribution is -2.05. The summed E-state index contributed by atoms with van der Waals surface area (Å²) in [6.07, 6.45) is 1.62. The van der Waals surface area contributed by atoms with E-state index in [9.17, 15) is 0 Å². The molecule has 0 atom stereocenters. The predicted octanol–water partition coefficient (Wildman–Crippen LogP) is 5.41. The van der Waals surface area contributed by atoms with Crippen LogP contribution in [0.3, 0.4) is 0 Å². The Bertz CT molecular complexity index is 1350. The van der Waals surface area contributed by atoms with Crippen LogP contribution in [0.2, 0.25) is 0 Å². The van der Waals surface area contributed by atoms with Gasteiger partial charge in [0.2, 0.25) is 0 Å². The first-order chi connectivity index (χ1) is 14.5. The fraction of sp³-hybridized carbons (Fsp3) is 0.160. The van der Waals surface area contributed by atoms with Crippen molar-refractivity contribution in [3.05, 3.63) is 83.9 Å². The SMILES string of the molecule is Cc1cc(-c2ccccc2)cc(C)c1-n1ncnc1-c1ccc2nc(C)n(C)c2c1. The van der Waals surface area contributed by atoms with Crippen LogP contribution >= 0.6 is 0 Å². The first kappa shape index (κ1) is 18.3. The highest BCUT2D eigenvalue weighted by atomic mass is 15.3. The summed E-state index contributed by atoms with van der Waals surface area (Å²) >= 11 is 0. The second kappa shape index (κ2) is 6.95. The van der Waals surface area contributed by atoms with E-state index in [1.165, 1.54) is 11.1 Å². The third-order valence-electron chi connectivity index (χ3n) is 5.72. The molecule has 0 radical (unpaired) electrons. The molecule has 5 aromatic rings. The minimum Gasteiger partial charge on any atom is -0.331 e. The summed E-state index contributed by atoms with van der Waals surface area (Å²) in [5.41, 5.74) is 8.93. The van der Waals surface area contributed by atoms with Gasteiger partial charge in [-0.05, 0) is 73.4 Å². The van der Waals surface area contributed by atoms with Crippen molar-refractivity contribution in [1.29, 1.82) is 0 Å². The molecule has 0 saturated carbocycles. The van der Waals surface area contributed by atoms with Gasteiger partial charge in [-0.2, -0.15) is 5.10 Å². The topological polar surface area (TPSA) is 48.5 Å². The Morgan fingerprint density at radius 3 is 2.23 bits per heavy atom. The van der Waals surface area contributed by atoms with Crippen LogP contribution in [-0.4, -0.2) is 24.3 Å². The zero-order valence-corrected chi connectivity index (χ0v) is 17.6. The molecule has 30 heavy (non-hydrogen) atoms. The van der Waals surface area contributed by atoms with Gasteiger partial charge in [-0.15, -0.1) is 0 Å². The average molecular weight is 393 g/mol. The number of imidazole rings is 1. The van der Waals surface area contributed by atoms with Gasteiger partial charge in [0, 0.05) is 12.6 Å². The van der Waals surface area contributed by atoms with Crippen LogP contribution in [0.4, 0.5) is 0 Å². The molecule has 0 aliphatic carbocycles. The summed E-state index contributed by atoms with van der Waals surface area (Å²) in [5, 5.41) is 4.58. The Morgan fingerprint density at radius 1 is 0.767 bits per heavy atom. The van der Waals surface area contributed by atoms with Crippen molar-refractivity contribution in [2.45, 2.75) is 20.8 Å². The van der Waals surface area contributed by atoms with Gasteiger partial charge >= 0.3 is 0 Å². The third-order valence-corrected chi connectivity index (χ3v) is 5.72. The predicted molar refractivity (Wildman–Crippen MR) is 121 cm³/mol. The van der Waals surface area contributed by atoms with Gasteiger partial charge in [-0.1, -0.05) is 30.3 Å². The second-order valence-electron chi connectivity index (χ2n) is 7.74. The minimum absolute atomic E-state index is 0.828. The maximum absolute atomic E-state index is 4.60. The van der Waals surface area contributed by atoms with Crippen molar-refractivity contribution in [2.75, 3.05) is 0 Å². The number of rotatable bonds is 3. The zero-order valence-electron chi connectivity index (χ0n) is 17.6. The van der Waals surface area contributed by atoms with Gasteiger partial charge < -0.3 is 4.57 Å². The monoisotopic (exact) mass is 393 g/mol. The van der Waals surface area contributed by atoms with Gasteiger partial charge in [0.05, 0.1) is 16.7 Å². The molecule has 3 aromatic carbocycles. The molecule has 5 rings (SSSR count). The van der Waals surface area contributed by atoms with E-state index in [-0.39, 0.29) is 0 Å². The standard InChI is InChI=1S/C25H23N5/c1-16-12-21(19-8-6-5-7-9-19)13-17(2)24(16)30-25(26-15-27-30)20-10-11-22-23(14-20)29(4)18(3)28-22/h5-15H,1-4H3. The van der Waals surface area contributed by atoms with Crippen LogP contribution in [-0.2, 0) is 7.05 Å². The Kier molecular flexibility index (Phi) is 4.24. The lowest BCUT2D eigenvalue weighted by Gasteiger charge is -2.15. The molecule has 0 saturated heterocycles. The minimum atomic E-state index is 0.828. The molecule has 0 spiro atoms. The second-order valence-corrected chi connectivity index (χ2v) is 7.74. The zero-order chi connectivity index (χ0) is 20.8. The largest absolute Gasteiger partial charge is 0.331 e. The molecule has 0 aliphatic rings. The molecule has 0 bridgehead atoms. The number of benzene rings is 3. The van der Waals surface area contributed by atoms with E-state index in [0.717, 1.165) is 45.1 Å². The van der Waals surface area contributed by atoms with Crippen LogP contribution in [0, 0.1) is 20.8 Å². The number of fused-ring (bicyclic) bond motifs is 1. The molecule has 148 valence electrons. The molecular weight excluding hydrogens is 370 g/mol. The number of hydrogen-bond donors (Lipinski definition) is 0. The average Bonchev–Trinajstić information content (AvgIpc) is 3.33. The van der Waals surface area contributed by atoms with Crippen molar-refractivity contribution in [3.63, 3.8) is 0 Å². The quantitative estimate of drug-likeness (QED) is 0.412. The molecule has 5 nitrogen and oxygen atoms in total. The van der Waals surface area contributed by atoms with Crippen LogP contribution in [0.25, 0.3) is 39.2 Å². The van der Waals surface area contributed by atoms with Crippen LogP contribution in [0.5, 0.6) is 0 Å². The van der Waals surface area contributed by atoms with Crippen molar-refractivity contribution >= 4 is 11.0 Å². The number of nitrogens with zero attached hydrogens (tertiary/aromatic N) is 5. The lowest BCUT2D eigenvalue weighted by atomic mass is 9.99. The van der Waals surface area contributed by atoms with Gasteiger partial charge in [0.1, 0.15) is 12.2 Å². The van der Waals surface area contributed by atoms with E-state index in [1.54, 1.807) is 6.33 Å². The molecule has 0 aliphatic heterocycles. The summed E-state index contributed by atoms with van der Waals surface area (Å²) in [6.45, 7) is 6.28. The van der Waals surface area contributed by atoms with Crippen molar-refractivity contribution in [1.82, 2.24) is 24.3 Å². The van der Waals surface area contributed by atoms with Gasteiger partial charge in [0.15, 0.2) is 5.82 Å². The number of aromatic nitrogens is 5. The highest BCUT2D eigenvalue weighted by Crippen LogP contribution is 2.30. The van der Waals surface area contributed by atoms with Gasteiger partial charge in [-0.25, -0.2) is 14.6 Å². The Hall–Kier alpha value is -3.73. The highest BCUT2D eigenvalue weighted by Gasteiger charge is 2.16. The molecule has 2 aromatic heterocycles. The Labute approximate surface area is 175 Å². The molecule has 0 N–H and O–H groups in total. The fourth-order valence-corrected chi connectivity index (χ4v) is 4.14. The first-order valence-corrected chi connectivity index (χ1v) is 10.0. The number of aryl methyl sites for hydroxylation is 4. The Morgan fingerprint density at radius 2 is 1.50 bits per heavy atom. The third kappa shape index (κ3) is 2.90. The van der Waals surface area contributed by atoms with Crippen LogP contribution < -0.4 is 0 Å². The summed E-state index contributed by atoms with van der Waals surface area (Å²) in [7, 11) is 2.04. The van der Waals surface area contributed by atoms with Crippen molar-refractivity contribution in [2.24, 2.45) is 7.05 Å². The highest BCUT2D eigenvalue weighted by molar-refractivity contribution is 5.81.